The first kappa shape index (κ1) is 25.2. The van der Waals surface area contributed by atoms with E-state index in [1.54, 1.807) is 0 Å². The Morgan fingerprint density at radius 3 is 2.42 bits per heavy atom. The molecular formula is C18H37NO6Si. The smallest absolute Gasteiger partial charge is 0.463 e. The van der Waals surface area contributed by atoms with E-state index < -0.39 is 20.9 Å². The number of aliphatic hydroxyl groups excluding tert-OH is 1. The molecule has 0 fully saturated rings. The fraction of sp³-hybridized carbons (Fsp3) is 0.833. The van der Waals surface area contributed by atoms with Gasteiger partial charge in [-0.25, -0.2) is 4.79 Å². The van der Waals surface area contributed by atoms with Gasteiger partial charge in [0.05, 0.1) is 12.7 Å². The maximum Gasteiger partial charge on any atom is 0.501 e. The van der Waals surface area contributed by atoms with Crippen LogP contribution in [0.1, 0.15) is 52.9 Å². The number of carbonyl (C=O) groups is 1. The van der Waals surface area contributed by atoms with Crippen LogP contribution in [0.4, 0.5) is 0 Å². The van der Waals surface area contributed by atoms with E-state index in [0.717, 1.165) is 18.9 Å². The van der Waals surface area contributed by atoms with Gasteiger partial charge in [-0.3, -0.25) is 0 Å². The molecule has 0 aromatic rings. The molecule has 0 saturated carbocycles. The van der Waals surface area contributed by atoms with E-state index in [1.165, 1.54) is 0 Å². The van der Waals surface area contributed by atoms with Crippen LogP contribution in [-0.4, -0.2) is 58.5 Å². The Bertz CT molecular complexity index is 377. The van der Waals surface area contributed by atoms with E-state index in [2.05, 4.69) is 6.58 Å². The summed E-state index contributed by atoms with van der Waals surface area (Å²) in [5.74, 6) is -0.418. The quantitative estimate of drug-likeness (QED) is 0.170. The monoisotopic (exact) mass is 391 g/mol. The van der Waals surface area contributed by atoms with Gasteiger partial charge in [-0.2, -0.15) is 0 Å². The van der Waals surface area contributed by atoms with E-state index in [1.807, 2.05) is 20.8 Å². The molecule has 0 aliphatic carbocycles. The van der Waals surface area contributed by atoms with Crippen LogP contribution in [0.15, 0.2) is 12.7 Å². The van der Waals surface area contributed by atoms with E-state index >= 15 is 0 Å². The van der Waals surface area contributed by atoms with Gasteiger partial charge in [0.2, 0.25) is 0 Å². The zero-order valence-corrected chi connectivity index (χ0v) is 17.6. The SMILES string of the molecule is C=CC(=O)OCCCCC(O)CC(C)O[Si](CCCN)(OCC)OCC. The highest BCUT2D eigenvalue weighted by atomic mass is 28.4. The van der Waals surface area contributed by atoms with Gasteiger partial charge in [0.25, 0.3) is 0 Å². The first-order chi connectivity index (χ1) is 12.4. The Labute approximate surface area is 159 Å². The average molecular weight is 392 g/mol. The Kier molecular flexibility index (Phi) is 14.8. The number of hydrogen-bond acceptors (Lipinski definition) is 7. The number of ether oxygens (including phenoxy) is 1. The van der Waals surface area contributed by atoms with Crippen LogP contribution in [0.2, 0.25) is 6.04 Å². The predicted octanol–water partition coefficient (Wildman–Crippen LogP) is 2.40. The van der Waals surface area contributed by atoms with Gasteiger partial charge in [0, 0.05) is 31.4 Å². The van der Waals surface area contributed by atoms with Crippen molar-refractivity contribution in [2.24, 2.45) is 5.73 Å². The standard InChI is InChI=1S/C18H37NO6Si/c1-5-18(21)22-13-9-8-11-17(20)15-16(4)25-26(23-6-2,24-7-3)14-10-12-19/h5,16-17,20H,1,6-15,19H2,2-4H3. The minimum absolute atomic E-state index is 0.175. The molecular weight excluding hydrogens is 354 g/mol. The highest BCUT2D eigenvalue weighted by Gasteiger charge is 2.41. The maximum atomic E-state index is 10.9. The summed E-state index contributed by atoms with van der Waals surface area (Å²) >= 11 is 0. The van der Waals surface area contributed by atoms with Gasteiger partial charge in [0.1, 0.15) is 0 Å². The lowest BCUT2D eigenvalue weighted by Crippen LogP contribution is -2.48. The summed E-state index contributed by atoms with van der Waals surface area (Å²) < 4.78 is 22.8. The predicted molar refractivity (Wildman–Crippen MR) is 104 cm³/mol. The van der Waals surface area contributed by atoms with Gasteiger partial charge in [-0.05, 0) is 59.4 Å². The molecule has 0 heterocycles. The molecule has 2 atom stereocenters. The summed E-state index contributed by atoms with van der Waals surface area (Å²) in [6, 6.07) is 0.681. The molecule has 0 aliphatic rings. The van der Waals surface area contributed by atoms with Crippen molar-refractivity contribution in [2.75, 3.05) is 26.4 Å². The fourth-order valence-corrected chi connectivity index (χ4v) is 5.49. The molecule has 0 radical (unpaired) electrons. The van der Waals surface area contributed by atoms with Gasteiger partial charge in [-0.15, -0.1) is 0 Å². The molecule has 0 aliphatic heterocycles. The topological polar surface area (TPSA) is 100 Å². The van der Waals surface area contributed by atoms with E-state index in [-0.39, 0.29) is 6.10 Å². The van der Waals surface area contributed by atoms with Gasteiger partial charge < -0.3 is 28.9 Å². The molecule has 0 bridgehead atoms. The molecule has 8 heteroatoms. The van der Waals surface area contributed by atoms with Crippen LogP contribution < -0.4 is 5.73 Å². The summed E-state index contributed by atoms with van der Waals surface area (Å²) in [6.45, 7) is 11.1. The summed E-state index contributed by atoms with van der Waals surface area (Å²) in [6.07, 6.45) is 3.88. The maximum absolute atomic E-state index is 10.9. The molecule has 0 aromatic heterocycles. The van der Waals surface area contributed by atoms with E-state index in [4.69, 9.17) is 23.7 Å². The third-order valence-corrected chi connectivity index (χ3v) is 6.93. The minimum Gasteiger partial charge on any atom is -0.463 e. The number of nitrogens with two attached hydrogens (primary N) is 1. The highest BCUT2D eigenvalue weighted by molar-refractivity contribution is 6.60. The van der Waals surface area contributed by atoms with Crippen molar-refractivity contribution < 1.29 is 27.9 Å². The zero-order chi connectivity index (χ0) is 19.8. The molecule has 2 unspecified atom stereocenters. The first-order valence-electron chi connectivity index (χ1n) is 9.56. The second-order valence-corrected chi connectivity index (χ2v) is 8.81. The Morgan fingerprint density at radius 2 is 1.88 bits per heavy atom. The van der Waals surface area contributed by atoms with Crippen LogP contribution in [0.3, 0.4) is 0 Å². The van der Waals surface area contributed by atoms with Crippen molar-refractivity contribution in [1.82, 2.24) is 0 Å². The lowest BCUT2D eigenvalue weighted by molar-refractivity contribution is -0.137. The van der Waals surface area contributed by atoms with Crippen LogP contribution in [0.5, 0.6) is 0 Å². The minimum atomic E-state index is -2.77. The van der Waals surface area contributed by atoms with E-state index in [9.17, 15) is 9.90 Å². The number of hydrogen-bond donors (Lipinski definition) is 2. The van der Waals surface area contributed by atoms with Crippen LogP contribution in [0.25, 0.3) is 0 Å². The number of unbranched alkanes of at least 4 members (excludes halogenated alkanes) is 1. The number of carbonyl (C=O) groups excluding carboxylic acids is 1. The largest absolute Gasteiger partial charge is 0.501 e. The second-order valence-electron chi connectivity index (χ2n) is 6.13. The summed E-state index contributed by atoms with van der Waals surface area (Å²) in [7, 11) is -2.77. The molecule has 3 N–H and O–H groups in total. The molecule has 0 spiro atoms. The lowest BCUT2D eigenvalue weighted by Gasteiger charge is -2.32. The van der Waals surface area contributed by atoms with Crippen molar-refractivity contribution in [1.29, 1.82) is 0 Å². The fourth-order valence-electron chi connectivity index (χ4n) is 2.64. The first-order valence-corrected chi connectivity index (χ1v) is 11.5. The van der Waals surface area contributed by atoms with Crippen LogP contribution in [-0.2, 0) is 22.8 Å². The highest BCUT2D eigenvalue weighted by Crippen LogP contribution is 2.22. The summed E-state index contributed by atoms with van der Waals surface area (Å²) in [4.78, 5) is 10.9. The number of aliphatic hydroxyl groups is 1. The summed E-state index contributed by atoms with van der Waals surface area (Å²) in [5.41, 5.74) is 5.63. The van der Waals surface area contributed by atoms with Crippen molar-refractivity contribution >= 4 is 14.8 Å². The summed E-state index contributed by atoms with van der Waals surface area (Å²) in [5, 5.41) is 10.2. The van der Waals surface area contributed by atoms with Gasteiger partial charge >= 0.3 is 14.8 Å². The average Bonchev–Trinajstić information content (AvgIpc) is 2.59. The van der Waals surface area contributed by atoms with Crippen molar-refractivity contribution in [3.8, 4) is 0 Å². The second kappa shape index (κ2) is 15.3. The Hall–Kier alpha value is -0.773. The van der Waals surface area contributed by atoms with Crippen molar-refractivity contribution in [3.63, 3.8) is 0 Å². The molecule has 0 saturated heterocycles. The van der Waals surface area contributed by atoms with Gasteiger partial charge in [-0.1, -0.05) is 6.58 Å². The molecule has 26 heavy (non-hydrogen) atoms. The molecule has 0 aromatic carbocycles. The van der Waals surface area contributed by atoms with Crippen molar-refractivity contribution in [3.05, 3.63) is 12.7 Å². The zero-order valence-electron chi connectivity index (χ0n) is 16.6. The Morgan fingerprint density at radius 1 is 1.23 bits per heavy atom. The third kappa shape index (κ3) is 11.8. The lowest BCUT2D eigenvalue weighted by atomic mass is 10.1. The third-order valence-electron chi connectivity index (χ3n) is 3.74. The van der Waals surface area contributed by atoms with Crippen LogP contribution in [0, 0.1) is 0 Å². The number of rotatable bonds is 17. The van der Waals surface area contributed by atoms with Crippen LogP contribution >= 0.6 is 0 Å². The van der Waals surface area contributed by atoms with Gasteiger partial charge in [0.15, 0.2) is 0 Å². The number of esters is 1. The molecule has 0 rings (SSSR count). The van der Waals surface area contributed by atoms with Crippen molar-refractivity contribution in [2.45, 2.75) is 71.1 Å². The molecule has 0 amide bonds. The molecule has 7 nitrogen and oxygen atoms in total. The normalized spacial score (nSPS) is 14.0. The van der Waals surface area contributed by atoms with E-state index in [0.29, 0.717) is 51.7 Å². The Balaban J connectivity index is 4.31. The molecule has 154 valence electrons.